The Morgan fingerprint density at radius 1 is 1.42 bits per heavy atom. The van der Waals surface area contributed by atoms with E-state index in [1.807, 2.05) is 7.05 Å². The van der Waals surface area contributed by atoms with Crippen LogP contribution in [-0.4, -0.2) is 60.5 Å². The lowest BCUT2D eigenvalue weighted by Gasteiger charge is -2.24. The molecule has 1 atom stereocenters. The molecule has 1 aromatic rings. The van der Waals surface area contributed by atoms with Gasteiger partial charge in [0.05, 0.1) is 17.2 Å². The van der Waals surface area contributed by atoms with E-state index in [0.29, 0.717) is 0 Å². The van der Waals surface area contributed by atoms with E-state index >= 15 is 0 Å². The molecule has 0 radical (unpaired) electrons. The third kappa shape index (κ3) is 6.15. The fourth-order valence-electron chi connectivity index (χ4n) is 3.12. The van der Waals surface area contributed by atoms with Gasteiger partial charge < -0.3 is 15.1 Å². The predicted molar refractivity (Wildman–Crippen MR) is 115 cm³/mol. The molecule has 2 rings (SSSR count). The first-order valence-electron chi connectivity index (χ1n) is 8.81. The maximum atomic E-state index is 4.61. The first-order valence-corrected chi connectivity index (χ1v) is 9.69. The van der Waals surface area contributed by atoms with Gasteiger partial charge in [0.1, 0.15) is 0 Å². The summed E-state index contributed by atoms with van der Waals surface area (Å²) in [4.78, 5) is 14.0. The SMILES string of the molecule is CCc1nc(CNC(=NC)N2CCC(CN(CC)CC)C2)cs1.I. The average molecular weight is 465 g/mol. The molecule has 1 aromatic heterocycles. The van der Waals surface area contributed by atoms with Crippen molar-refractivity contribution in [3.05, 3.63) is 16.1 Å². The summed E-state index contributed by atoms with van der Waals surface area (Å²) in [5.41, 5.74) is 1.12. The number of aliphatic imine (C=N–C) groups is 1. The fraction of sp³-hybridized carbons (Fsp3) is 0.765. The first-order chi connectivity index (χ1) is 11.2. The number of aryl methyl sites for hydroxylation is 1. The second kappa shape index (κ2) is 11.3. The van der Waals surface area contributed by atoms with E-state index in [-0.39, 0.29) is 24.0 Å². The molecule has 24 heavy (non-hydrogen) atoms. The highest BCUT2D eigenvalue weighted by atomic mass is 127. The quantitative estimate of drug-likeness (QED) is 0.382. The van der Waals surface area contributed by atoms with Crippen molar-refractivity contribution in [2.45, 2.75) is 40.2 Å². The van der Waals surface area contributed by atoms with Crippen LogP contribution in [0.2, 0.25) is 0 Å². The second-order valence-corrected chi connectivity index (χ2v) is 7.02. The molecule has 0 amide bonds. The van der Waals surface area contributed by atoms with Crippen LogP contribution >= 0.6 is 35.3 Å². The van der Waals surface area contributed by atoms with E-state index in [1.54, 1.807) is 11.3 Å². The molecule has 2 heterocycles. The molecule has 138 valence electrons. The van der Waals surface area contributed by atoms with Gasteiger partial charge in [-0.1, -0.05) is 20.8 Å². The van der Waals surface area contributed by atoms with E-state index < -0.39 is 0 Å². The van der Waals surface area contributed by atoms with E-state index in [1.165, 1.54) is 18.0 Å². The Labute approximate surface area is 168 Å². The molecule has 1 saturated heterocycles. The Bertz CT molecular complexity index is 501. The van der Waals surface area contributed by atoms with E-state index in [0.717, 1.165) is 56.7 Å². The summed E-state index contributed by atoms with van der Waals surface area (Å²) in [6, 6.07) is 0. The van der Waals surface area contributed by atoms with Crippen LogP contribution in [0, 0.1) is 5.92 Å². The standard InChI is InChI=1S/C17H31N5S.HI/c1-5-16-20-15(13-23-16)10-19-17(18-4)22-9-8-14(12-22)11-21(6-2)7-3;/h13-14H,5-12H2,1-4H3,(H,18,19);1H. The number of hydrogen-bond acceptors (Lipinski definition) is 4. The molecule has 0 bridgehead atoms. The van der Waals surface area contributed by atoms with Crippen molar-refractivity contribution in [3.63, 3.8) is 0 Å². The van der Waals surface area contributed by atoms with Gasteiger partial charge in [0, 0.05) is 32.1 Å². The van der Waals surface area contributed by atoms with E-state index in [2.05, 4.69) is 51.2 Å². The minimum absolute atomic E-state index is 0. The molecule has 0 spiro atoms. The highest BCUT2D eigenvalue weighted by Crippen LogP contribution is 2.18. The molecule has 1 unspecified atom stereocenters. The van der Waals surface area contributed by atoms with Gasteiger partial charge in [0.2, 0.25) is 0 Å². The third-order valence-corrected chi connectivity index (χ3v) is 5.58. The van der Waals surface area contributed by atoms with Crippen LogP contribution < -0.4 is 5.32 Å². The number of nitrogens with one attached hydrogen (secondary N) is 1. The highest BCUT2D eigenvalue weighted by molar-refractivity contribution is 14.0. The summed E-state index contributed by atoms with van der Waals surface area (Å²) in [6.07, 6.45) is 2.27. The van der Waals surface area contributed by atoms with E-state index in [9.17, 15) is 0 Å². The van der Waals surface area contributed by atoms with Crippen LogP contribution in [0.3, 0.4) is 0 Å². The maximum absolute atomic E-state index is 4.61. The number of hydrogen-bond donors (Lipinski definition) is 1. The van der Waals surface area contributed by atoms with Gasteiger partial charge >= 0.3 is 0 Å². The van der Waals surface area contributed by atoms with Crippen molar-refractivity contribution in [2.24, 2.45) is 10.9 Å². The van der Waals surface area contributed by atoms with E-state index in [4.69, 9.17) is 0 Å². The average Bonchev–Trinajstić information content (AvgIpc) is 3.22. The van der Waals surface area contributed by atoms with Crippen LogP contribution in [0.5, 0.6) is 0 Å². The lowest BCUT2D eigenvalue weighted by atomic mass is 10.1. The molecule has 1 fully saturated rings. The lowest BCUT2D eigenvalue weighted by Crippen LogP contribution is -2.40. The van der Waals surface area contributed by atoms with Gasteiger partial charge in [-0.15, -0.1) is 35.3 Å². The van der Waals surface area contributed by atoms with Crippen molar-refractivity contribution >= 4 is 41.3 Å². The summed E-state index contributed by atoms with van der Waals surface area (Å²) < 4.78 is 0. The van der Waals surface area contributed by atoms with Crippen LogP contribution in [0.4, 0.5) is 0 Å². The molecular weight excluding hydrogens is 433 g/mol. The first kappa shape index (κ1) is 21.6. The van der Waals surface area contributed by atoms with Crippen molar-refractivity contribution in [2.75, 3.05) is 39.8 Å². The number of aromatic nitrogens is 1. The molecular formula is C17H32IN5S. The van der Waals surface area contributed by atoms with Gasteiger partial charge in [0.15, 0.2) is 5.96 Å². The Kier molecular flexibility index (Phi) is 10.1. The zero-order valence-corrected chi connectivity index (χ0v) is 18.6. The fourth-order valence-corrected chi connectivity index (χ4v) is 3.86. The molecule has 5 nitrogen and oxygen atoms in total. The maximum Gasteiger partial charge on any atom is 0.193 e. The number of halogens is 1. The normalized spacial score (nSPS) is 18.1. The summed E-state index contributed by atoms with van der Waals surface area (Å²) in [7, 11) is 1.87. The molecule has 7 heteroatoms. The summed E-state index contributed by atoms with van der Waals surface area (Å²) in [5.74, 6) is 1.76. The molecule has 0 aliphatic carbocycles. The summed E-state index contributed by atoms with van der Waals surface area (Å²) >= 11 is 1.74. The zero-order valence-electron chi connectivity index (χ0n) is 15.4. The van der Waals surface area contributed by atoms with Gasteiger partial charge in [-0.05, 0) is 31.8 Å². The van der Waals surface area contributed by atoms with Crippen molar-refractivity contribution in [1.29, 1.82) is 0 Å². The van der Waals surface area contributed by atoms with Crippen LogP contribution in [0.15, 0.2) is 10.4 Å². The number of likely N-dealkylation sites (tertiary alicyclic amines) is 1. The minimum atomic E-state index is 0. The molecule has 0 aromatic carbocycles. The van der Waals surface area contributed by atoms with Gasteiger partial charge in [-0.25, -0.2) is 4.98 Å². The number of guanidine groups is 1. The van der Waals surface area contributed by atoms with Crippen molar-refractivity contribution in [3.8, 4) is 0 Å². The summed E-state index contributed by atoms with van der Waals surface area (Å²) in [6.45, 7) is 13.1. The van der Waals surface area contributed by atoms with Gasteiger partial charge in [0.25, 0.3) is 0 Å². The van der Waals surface area contributed by atoms with Crippen molar-refractivity contribution < 1.29 is 0 Å². The zero-order chi connectivity index (χ0) is 16.7. The highest BCUT2D eigenvalue weighted by Gasteiger charge is 2.25. The summed E-state index contributed by atoms with van der Waals surface area (Å²) in [5, 5.41) is 6.82. The Hall–Kier alpha value is -0.410. The third-order valence-electron chi connectivity index (χ3n) is 4.54. The van der Waals surface area contributed by atoms with Gasteiger partial charge in [-0.2, -0.15) is 0 Å². The topological polar surface area (TPSA) is 43.8 Å². The van der Waals surface area contributed by atoms with Crippen LogP contribution in [0.25, 0.3) is 0 Å². The monoisotopic (exact) mass is 465 g/mol. The molecule has 1 aliphatic heterocycles. The van der Waals surface area contributed by atoms with Crippen molar-refractivity contribution in [1.82, 2.24) is 20.1 Å². The Morgan fingerprint density at radius 3 is 2.75 bits per heavy atom. The second-order valence-electron chi connectivity index (χ2n) is 6.07. The number of rotatable bonds is 7. The largest absolute Gasteiger partial charge is 0.351 e. The minimum Gasteiger partial charge on any atom is -0.351 e. The predicted octanol–water partition coefficient (Wildman–Crippen LogP) is 3.06. The Morgan fingerprint density at radius 2 is 2.17 bits per heavy atom. The van der Waals surface area contributed by atoms with Crippen LogP contribution in [-0.2, 0) is 13.0 Å². The lowest BCUT2D eigenvalue weighted by molar-refractivity contribution is 0.255. The van der Waals surface area contributed by atoms with Crippen LogP contribution in [0.1, 0.15) is 37.9 Å². The molecule has 1 N–H and O–H groups in total. The Balaban J connectivity index is 0.00000288. The number of thiazole rings is 1. The smallest absolute Gasteiger partial charge is 0.193 e. The van der Waals surface area contributed by atoms with Gasteiger partial charge in [-0.3, -0.25) is 4.99 Å². The number of nitrogens with zero attached hydrogens (tertiary/aromatic N) is 4. The molecule has 1 aliphatic rings. The molecule has 0 saturated carbocycles.